The summed E-state index contributed by atoms with van der Waals surface area (Å²) in [5, 5.41) is 6.46. The normalized spacial score (nSPS) is 14.3. The molecule has 0 atom stereocenters. The zero-order valence-corrected chi connectivity index (χ0v) is 7.69. The molecule has 2 aromatic heterocycles. The highest BCUT2D eigenvalue weighted by atomic mass is 16.2. The molecule has 15 heavy (non-hydrogen) atoms. The topological polar surface area (TPSA) is 79.8 Å². The molecule has 74 valence electrons. The first-order chi connectivity index (χ1) is 7.33. The van der Waals surface area contributed by atoms with Gasteiger partial charge in [-0.2, -0.15) is 0 Å². The lowest BCUT2D eigenvalue weighted by Gasteiger charge is -2.17. The minimum absolute atomic E-state index is 0.0690. The number of aromatic nitrogens is 3. The van der Waals surface area contributed by atoms with E-state index >= 15 is 0 Å². The molecule has 0 spiro atoms. The molecular weight excluding hydrogens is 194 g/mol. The number of carbonyl (C=O) groups excluding carboxylic acids is 1. The molecule has 0 aliphatic carbocycles. The Morgan fingerprint density at radius 1 is 1.40 bits per heavy atom. The van der Waals surface area contributed by atoms with Crippen molar-refractivity contribution in [2.24, 2.45) is 0 Å². The predicted octanol–water partition coefficient (Wildman–Crippen LogP) is 0.389. The molecule has 2 N–H and O–H groups in total. The Labute approximate surface area is 84.8 Å². The third-order valence-corrected chi connectivity index (χ3v) is 2.18. The lowest BCUT2D eigenvalue weighted by molar-refractivity contribution is -0.114. The Kier molecular flexibility index (Phi) is 1.55. The third-order valence-electron chi connectivity index (χ3n) is 2.18. The highest BCUT2D eigenvalue weighted by Gasteiger charge is 2.15. The van der Waals surface area contributed by atoms with E-state index in [0.29, 0.717) is 17.2 Å². The van der Waals surface area contributed by atoms with Gasteiger partial charge >= 0.3 is 0 Å². The molecule has 6 nitrogen and oxygen atoms in total. The Morgan fingerprint density at radius 3 is 3.27 bits per heavy atom. The first kappa shape index (κ1) is 8.10. The van der Waals surface area contributed by atoms with Crippen LogP contribution in [-0.2, 0) is 4.79 Å². The van der Waals surface area contributed by atoms with E-state index in [2.05, 4.69) is 25.6 Å². The summed E-state index contributed by atoms with van der Waals surface area (Å²) in [6, 6.07) is 1.81. The molecule has 0 unspecified atom stereocenters. The van der Waals surface area contributed by atoms with Gasteiger partial charge in [0.05, 0.1) is 12.2 Å². The molecular formula is C9H7N5O. The van der Waals surface area contributed by atoms with Crippen molar-refractivity contribution in [2.75, 3.05) is 17.2 Å². The Morgan fingerprint density at radius 2 is 2.33 bits per heavy atom. The number of nitrogens with zero attached hydrogens (tertiary/aromatic N) is 3. The number of rotatable bonds is 0. The van der Waals surface area contributed by atoms with Crippen LogP contribution in [0, 0.1) is 0 Å². The number of fused-ring (bicyclic) bond motifs is 2. The number of amides is 1. The quantitative estimate of drug-likeness (QED) is 0.644. The number of hydrogen-bond donors (Lipinski definition) is 2. The minimum atomic E-state index is -0.0690. The molecule has 1 amide bonds. The van der Waals surface area contributed by atoms with E-state index in [-0.39, 0.29) is 12.5 Å². The summed E-state index contributed by atoms with van der Waals surface area (Å²) in [4.78, 5) is 23.3. The molecule has 3 rings (SSSR count). The lowest BCUT2D eigenvalue weighted by Crippen LogP contribution is -2.28. The monoisotopic (exact) mass is 201 g/mol. The standard InChI is InChI=1S/C9H7N5O/c15-7-3-11-9-6(13-7)1-5-2-10-4-12-8(5)14-9/h1-2,4H,3H2,(H,13,15)(H,10,11,12,14). The summed E-state index contributed by atoms with van der Waals surface area (Å²) < 4.78 is 0. The van der Waals surface area contributed by atoms with Crippen LogP contribution < -0.4 is 10.6 Å². The van der Waals surface area contributed by atoms with Crippen molar-refractivity contribution in [3.8, 4) is 0 Å². The van der Waals surface area contributed by atoms with Gasteiger partial charge in [-0.15, -0.1) is 0 Å². The minimum Gasteiger partial charge on any atom is -0.359 e. The van der Waals surface area contributed by atoms with Crippen molar-refractivity contribution in [1.29, 1.82) is 0 Å². The van der Waals surface area contributed by atoms with Gasteiger partial charge in [0.15, 0.2) is 11.5 Å². The summed E-state index contributed by atoms with van der Waals surface area (Å²) in [6.07, 6.45) is 3.11. The maximum atomic E-state index is 11.1. The van der Waals surface area contributed by atoms with E-state index in [0.717, 1.165) is 5.39 Å². The Bertz CT molecular complexity index is 553. The average Bonchev–Trinajstić information content (AvgIpc) is 2.26. The number of anilines is 2. The zero-order valence-electron chi connectivity index (χ0n) is 7.69. The van der Waals surface area contributed by atoms with Crippen LogP contribution in [0.3, 0.4) is 0 Å². The van der Waals surface area contributed by atoms with Gasteiger partial charge in [0.1, 0.15) is 6.33 Å². The Hall–Kier alpha value is -2.24. The zero-order chi connectivity index (χ0) is 10.3. The molecule has 0 fully saturated rings. The molecule has 3 heterocycles. The third kappa shape index (κ3) is 1.26. The van der Waals surface area contributed by atoms with Gasteiger partial charge in [-0.1, -0.05) is 0 Å². The molecule has 1 aliphatic heterocycles. The van der Waals surface area contributed by atoms with Crippen molar-refractivity contribution in [3.05, 3.63) is 18.6 Å². The molecule has 0 aromatic carbocycles. The van der Waals surface area contributed by atoms with Gasteiger partial charge in [-0.3, -0.25) is 4.79 Å². The second-order valence-electron chi connectivity index (χ2n) is 3.22. The summed E-state index contributed by atoms with van der Waals surface area (Å²) in [6.45, 7) is 0.247. The molecule has 0 saturated heterocycles. The SMILES string of the molecule is O=C1CNc2nc3ncncc3cc2N1. The molecule has 0 radical (unpaired) electrons. The maximum Gasteiger partial charge on any atom is 0.243 e. The fourth-order valence-corrected chi connectivity index (χ4v) is 1.51. The highest BCUT2D eigenvalue weighted by Crippen LogP contribution is 2.25. The van der Waals surface area contributed by atoms with E-state index in [1.54, 1.807) is 6.20 Å². The van der Waals surface area contributed by atoms with Crippen molar-refractivity contribution in [2.45, 2.75) is 0 Å². The fraction of sp³-hybridized carbons (Fsp3) is 0.111. The van der Waals surface area contributed by atoms with E-state index < -0.39 is 0 Å². The van der Waals surface area contributed by atoms with Crippen LogP contribution in [0.2, 0.25) is 0 Å². The summed E-state index contributed by atoms with van der Waals surface area (Å²) in [7, 11) is 0. The Balaban J connectivity index is 2.24. The fourth-order valence-electron chi connectivity index (χ4n) is 1.51. The second-order valence-corrected chi connectivity index (χ2v) is 3.22. The smallest absolute Gasteiger partial charge is 0.243 e. The van der Waals surface area contributed by atoms with Crippen LogP contribution in [0.1, 0.15) is 0 Å². The van der Waals surface area contributed by atoms with E-state index in [4.69, 9.17) is 0 Å². The van der Waals surface area contributed by atoms with Crippen molar-refractivity contribution in [3.63, 3.8) is 0 Å². The molecule has 0 bridgehead atoms. The summed E-state index contributed by atoms with van der Waals surface area (Å²) >= 11 is 0. The van der Waals surface area contributed by atoms with E-state index in [1.165, 1.54) is 6.33 Å². The molecule has 1 aliphatic rings. The van der Waals surface area contributed by atoms with Crippen molar-refractivity contribution >= 4 is 28.4 Å². The lowest BCUT2D eigenvalue weighted by atomic mass is 10.2. The van der Waals surface area contributed by atoms with Gasteiger partial charge in [0, 0.05) is 11.6 Å². The van der Waals surface area contributed by atoms with Crippen molar-refractivity contribution < 1.29 is 4.79 Å². The van der Waals surface area contributed by atoms with Crippen LogP contribution in [0.4, 0.5) is 11.5 Å². The molecule has 2 aromatic rings. The van der Waals surface area contributed by atoms with Crippen LogP contribution in [0.25, 0.3) is 11.0 Å². The maximum absolute atomic E-state index is 11.1. The van der Waals surface area contributed by atoms with E-state index in [9.17, 15) is 4.79 Å². The second kappa shape index (κ2) is 2.88. The van der Waals surface area contributed by atoms with E-state index in [1.807, 2.05) is 6.07 Å². The number of hydrogen-bond acceptors (Lipinski definition) is 5. The van der Waals surface area contributed by atoms with Gasteiger partial charge in [0.2, 0.25) is 5.91 Å². The van der Waals surface area contributed by atoms with Gasteiger partial charge in [-0.25, -0.2) is 15.0 Å². The molecule has 0 saturated carbocycles. The number of pyridine rings is 1. The highest BCUT2D eigenvalue weighted by molar-refractivity contribution is 6.01. The number of nitrogens with one attached hydrogen (secondary N) is 2. The van der Waals surface area contributed by atoms with Gasteiger partial charge in [-0.05, 0) is 6.07 Å². The van der Waals surface area contributed by atoms with Crippen molar-refractivity contribution in [1.82, 2.24) is 15.0 Å². The number of carbonyl (C=O) groups is 1. The molecule has 6 heteroatoms. The summed E-state index contributed by atoms with van der Waals surface area (Å²) in [5.41, 5.74) is 1.29. The van der Waals surface area contributed by atoms with Crippen LogP contribution >= 0.6 is 0 Å². The first-order valence-corrected chi connectivity index (χ1v) is 4.47. The predicted molar refractivity (Wildman–Crippen MR) is 54.5 cm³/mol. The first-order valence-electron chi connectivity index (χ1n) is 4.47. The van der Waals surface area contributed by atoms with Crippen LogP contribution in [0.15, 0.2) is 18.6 Å². The van der Waals surface area contributed by atoms with Gasteiger partial charge < -0.3 is 10.6 Å². The summed E-state index contributed by atoms with van der Waals surface area (Å²) in [5.74, 6) is 0.585. The average molecular weight is 201 g/mol. The van der Waals surface area contributed by atoms with Gasteiger partial charge in [0.25, 0.3) is 0 Å². The van der Waals surface area contributed by atoms with Crippen LogP contribution in [0.5, 0.6) is 0 Å². The largest absolute Gasteiger partial charge is 0.359 e. The van der Waals surface area contributed by atoms with Crippen LogP contribution in [-0.4, -0.2) is 27.4 Å².